The Balaban J connectivity index is 3.32. The molecule has 2 nitrogen and oxygen atoms in total. The fraction of sp³-hybridized carbons (Fsp3) is 0. The van der Waals surface area contributed by atoms with Crippen LogP contribution in [0.25, 0.3) is 0 Å². The molecule has 0 saturated carbocycles. The molecule has 1 rings (SSSR count). The fourth-order valence-corrected chi connectivity index (χ4v) is 1.07. The zero-order valence-corrected chi connectivity index (χ0v) is 7.16. The molecule has 0 atom stereocenters. The molecule has 0 amide bonds. The number of carbonyl (C=O) groups excluding carboxylic acids is 1. The normalized spacial score (nSPS) is 9.25. The minimum Gasteiger partial charge on any atom is -0.211 e. The van der Waals surface area contributed by atoms with E-state index in [1.54, 1.807) is 0 Å². The van der Waals surface area contributed by atoms with E-state index in [1.165, 1.54) is 12.1 Å². The van der Waals surface area contributed by atoms with Crippen molar-refractivity contribution in [3.8, 4) is 0 Å². The molecule has 1 aromatic rings. The highest BCUT2D eigenvalue weighted by Gasteiger charge is 2.05. The molecule has 0 unspecified atom stereocenters. The van der Waals surface area contributed by atoms with Crippen molar-refractivity contribution in [2.45, 2.75) is 0 Å². The van der Waals surface area contributed by atoms with E-state index in [4.69, 9.17) is 23.2 Å². The van der Waals surface area contributed by atoms with Crippen LogP contribution < -0.4 is 0 Å². The van der Waals surface area contributed by atoms with Gasteiger partial charge in [-0.05, 0) is 6.07 Å². The van der Waals surface area contributed by atoms with E-state index in [0.717, 1.165) is 6.07 Å². The Morgan fingerprint density at radius 3 is 2.58 bits per heavy atom. The maximum absolute atomic E-state index is 12.7. The van der Waals surface area contributed by atoms with Crippen LogP contribution in [0.2, 0.25) is 10.0 Å². The van der Waals surface area contributed by atoms with Gasteiger partial charge in [0, 0.05) is 6.07 Å². The lowest BCUT2D eigenvalue weighted by Gasteiger charge is -1.97. The first-order chi connectivity index (χ1) is 5.65. The first kappa shape index (κ1) is 9.20. The van der Waals surface area contributed by atoms with E-state index in [2.05, 4.69) is 4.99 Å². The lowest BCUT2D eigenvalue weighted by atomic mass is 10.3. The second-order valence-corrected chi connectivity index (χ2v) is 2.74. The average molecular weight is 206 g/mol. The molecule has 0 radical (unpaired) electrons. The summed E-state index contributed by atoms with van der Waals surface area (Å²) >= 11 is 10.9. The molecule has 0 spiro atoms. The third-order valence-electron chi connectivity index (χ3n) is 1.16. The van der Waals surface area contributed by atoms with Gasteiger partial charge in [-0.15, -0.1) is 0 Å². The third-order valence-corrected chi connectivity index (χ3v) is 1.75. The maximum Gasteiger partial charge on any atom is 0.240 e. The largest absolute Gasteiger partial charge is 0.240 e. The van der Waals surface area contributed by atoms with Crippen molar-refractivity contribution < 1.29 is 9.18 Å². The van der Waals surface area contributed by atoms with Crippen LogP contribution in [0, 0.1) is 5.82 Å². The minimum atomic E-state index is -0.671. The van der Waals surface area contributed by atoms with E-state index < -0.39 is 5.82 Å². The van der Waals surface area contributed by atoms with Gasteiger partial charge in [-0.25, -0.2) is 9.18 Å². The van der Waals surface area contributed by atoms with Crippen LogP contribution >= 0.6 is 23.2 Å². The average Bonchev–Trinajstić information content (AvgIpc) is 2.01. The topological polar surface area (TPSA) is 29.4 Å². The highest BCUT2D eigenvalue weighted by Crippen LogP contribution is 2.29. The summed E-state index contributed by atoms with van der Waals surface area (Å²) in [5, 5.41) is 0.00889. The Labute approximate surface area is 77.6 Å². The van der Waals surface area contributed by atoms with Crippen LogP contribution in [0.1, 0.15) is 0 Å². The Kier molecular flexibility index (Phi) is 2.82. The molecule has 62 valence electrons. The molecule has 12 heavy (non-hydrogen) atoms. The van der Waals surface area contributed by atoms with Crippen molar-refractivity contribution in [1.82, 2.24) is 0 Å². The summed E-state index contributed by atoms with van der Waals surface area (Å²) in [4.78, 5) is 13.0. The van der Waals surface area contributed by atoms with E-state index in [-0.39, 0.29) is 15.7 Å². The molecule has 0 aromatic heterocycles. The smallest absolute Gasteiger partial charge is 0.211 e. The number of halogens is 3. The van der Waals surface area contributed by atoms with Crippen molar-refractivity contribution >= 4 is 35.0 Å². The van der Waals surface area contributed by atoms with Gasteiger partial charge in [-0.1, -0.05) is 23.2 Å². The number of benzene rings is 1. The number of nitrogens with zero attached hydrogens (tertiary/aromatic N) is 1. The lowest BCUT2D eigenvalue weighted by Crippen LogP contribution is -1.77. The summed E-state index contributed by atoms with van der Waals surface area (Å²) in [6.45, 7) is 0. The first-order valence-electron chi connectivity index (χ1n) is 2.87. The third kappa shape index (κ3) is 1.83. The summed E-state index contributed by atoms with van der Waals surface area (Å²) in [5.41, 5.74) is 0.0218. The molecule has 0 aliphatic carbocycles. The molecule has 1 aromatic carbocycles. The van der Waals surface area contributed by atoms with E-state index in [9.17, 15) is 9.18 Å². The monoisotopic (exact) mass is 205 g/mol. The molecule has 0 fully saturated rings. The quantitative estimate of drug-likeness (QED) is 0.394. The summed E-state index contributed by atoms with van der Waals surface area (Å²) in [6, 6.07) is 2.14. The number of rotatable bonds is 1. The van der Waals surface area contributed by atoms with Crippen molar-refractivity contribution in [2.24, 2.45) is 4.99 Å². The highest BCUT2D eigenvalue weighted by molar-refractivity contribution is 6.36. The van der Waals surface area contributed by atoms with Gasteiger partial charge in [0.2, 0.25) is 6.08 Å². The maximum atomic E-state index is 12.7. The molecule has 0 bridgehead atoms. The van der Waals surface area contributed by atoms with Crippen molar-refractivity contribution in [3.05, 3.63) is 28.0 Å². The number of hydrogen-bond donors (Lipinski definition) is 0. The molecular weight excluding hydrogens is 204 g/mol. The van der Waals surface area contributed by atoms with Gasteiger partial charge in [-0.3, -0.25) is 0 Å². The second kappa shape index (κ2) is 3.68. The molecule has 0 aliphatic rings. The van der Waals surface area contributed by atoms with E-state index in [0.29, 0.717) is 0 Å². The second-order valence-electron chi connectivity index (χ2n) is 1.92. The van der Waals surface area contributed by atoms with Crippen LogP contribution in [0.3, 0.4) is 0 Å². The first-order valence-corrected chi connectivity index (χ1v) is 3.63. The summed E-state index contributed by atoms with van der Waals surface area (Å²) < 4.78 is 12.7. The van der Waals surface area contributed by atoms with Gasteiger partial charge < -0.3 is 0 Å². The van der Waals surface area contributed by atoms with Crippen molar-refractivity contribution in [1.29, 1.82) is 0 Å². The Morgan fingerprint density at radius 1 is 1.33 bits per heavy atom. The van der Waals surface area contributed by atoms with Crippen molar-refractivity contribution in [2.75, 3.05) is 0 Å². The molecule has 0 heterocycles. The summed E-state index contributed by atoms with van der Waals surface area (Å²) in [5.74, 6) is -0.671. The van der Waals surface area contributed by atoms with E-state index >= 15 is 0 Å². The van der Waals surface area contributed by atoms with Gasteiger partial charge in [0.1, 0.15) is 5.82 Å². The predicted octanol–water partition coefficient (Wildman–Crippen LogP) is 3.10. The van der Waals surface area contributed by atoms with Gasteiger partial charge in [0.05, 0.1) is 15.7 Å². The van der Waals surface area contributed by atoms with Crippen LogP contribution in [0.15, 0.2) is 17.1 Å². The minimum absolute atomic E-state index is 0.0218. The van der Waals surface area contributed by atoms with Crippen molar-refractivity contribution in [3.63, 3.8) is 0 Å². The lowest BCUT2D eigenvalue weighted by molar-refractivity contribution is 0.565. The Hall–Kier alpha value is -0.890. The van der Waals surface area contributed by atoms with Gasteiger partial charge >= 0.3 is 0 Å². The van der Waals surface area contributed by atoms with Crippen LogP contribution in [-0.2, 0) is 4.79 Å². The van der Waals surface area contributed by atoms with Gasteiger partial charge in [0.25, 0.3) is 0 Å². The van der Waals surface area contributed by atoms with Gasteiger partial charge in [0.15, 0.2) is 0 Å². The zero-order valence-electron chi connectivity index (χ0n) is 5.64. The van der Waals surface area contributed by atoms with E-state index in [1.807, 2.05) is 0 Å². The number of isocyanates is 1. The SMILES string of the molecule is O=C=Nc1cc(F)c(Cl)cc1Cl. The highest BCUT2D eigenvalue weighted by atomic mass is 35.5. The zero-order chi connectivity index (χ0) is 9.14. The predicted molar refractivity (Wildman–Crippen MR) is 44.2 cm³/mol. The number of aliphatic imine (C=N–C) groups is 1. The molecular formula is C7H2Cl2FNO. The molecule has 0 saturated heterocycles. The summed E-state index contributed by atoms with van der Waals surface area (Å²) in [7, 11) is 0. The Bertz CT molecular complexity index is 361. The molecule has 0 aliphatic heterocycles. The standard InChI is InChI=1S/C7H2Cl2FNO/c8-4-1-5(9)7(11-3-12)2-6(4)10/h1-2H. The molecule has 0 N–H and O–H groups in total. The van der Waals surface area contributed by atoms with Crippen LogP contribution in [-0.4, -0.2) is 6.08 Å². The van der Waals surface area contributed by atoms with Crippen LogP contribution in [0.5, 0.6) is 0 Å². The molecule has 5 heteroatoms. The van der Waals surface area contributed by atoms with Crippen LogP contribution in [0.4, 0.5) is 10.1 Å². The fourth-order valence-electron chi connectivity index (χ4n) is 0.647. The number of hydrogen-bond acceptors (Lipinski definition) is 2. The summed E-state index contributed by atoms with van der Waals surface area (Å²) in [6.07, 6.45) is 1.25. The Morgan fingerprint density at radius 2 is 2.00 bits per heavy atom. The van der Waals surface area contributed by atoms with Gasteiger partial charge in [-0.2, -0.15) is 4.99 Å².